The van der Waals surface area contributed by atoms with Crippen LogP contribution in [0.4, 0.5) is 0 Å². The van der Waals surface area contributed by atoms with Crippen LogP contribution >= 0.6 is 0 Å². The van der Waals surface area contributed by atoms with Crippen LogP contribution in [0.15, 0.2) is 188 Å². The van der Waals surface area contributed by atoms with Crippen LogP contribution in [-0.2, 0) is 5.41 Å². The Morgan fingerprint density at radius 1 is 0.368 bits per heavy atom. The minimum atomic E-state index is -0.928. The first-order chi connectivity index (χ1) is 35.9. The van der Waals surface area contributed by atoms with E-state index in [1.165, 1.54) is 0 Å². The largest absolute Gasteiger partial charge is 0.208 e. The molecule has 11 rings (SSSR count). The van der Waals surface area contributed by atoms with Crippen molar-refractivity contribution in [2.45, 2.75) is 19.3 Å². The Hall–Kier alpha value is -7.23. The molecule has 0 saturated carbocycles. The molecule has 0 amide bonds. The van der Waals surface area contributed by atoms with Gasteiger partial charge in [0.25, 0.3) is 0 Å². The lowest BCUT2D eigenvalue weighted by Gasteiger charge is -2.21. The second-order valence-electron chi connectivity index (χ2n) is 14.1. The van der Waals surface area contributed by atoms with E-state index < -0.39 is 180 Å². The van der Waals surface area contributed by atoms with Crippen molar-refractivity contribution in [1.82, 2.24) is 15.0 Å². The fourth-order valence-electron chi connectivity index (χ4n) is 7.72. The van der Waals surface area contributed by atoms with Gasteiger partial charge in [0.05, 0.1) is 26.0 Å². The van der Waals surface area contributed by atoms with Gasteiger partial charge in [-0.25, -0.2) is 15.0 Å². The van der Waals surface area contributed by atoms with Gasteiger partial charge in [0, 0.05) is 22.1 Å². The Morgan fingerprint density at radius 3 is 1.54 bits per heavy atom. The van der Waals surface area contributed by atoms with Gasteiger partial charge in [0.2, 0.25) is 0 Å². The number of nitrogens with zero attached hydrogens (tertiary/aromatic N) is 3. The monoisotopic (exact) mass is 746 g/mol. The summed E-state index contributed by atoms with van der Waals surface area (Å²) in [6, 6.07) is 7.25. The number of aromatic nitrogens is 3. The Balaban J connectivity index is 1.22. The van der Waals surface area contributed by atoms with E-state index in [0.29, 0.717) is 11.1 Å². The minimum Gasteiger partial charge on any atom is -0.208 e. The third-order valence-corrected chi connectivity index (χ3v) is 10.4. The standard InChI is InChI=1S/C54H37N3/c1-54(2)48-27-11-10-25-45(48)50-46(26-14-28-49(50)54)53-56-51(34-15-4-3-5-16-34)55-52(57-53)39-20-13-19-37(32-39)35-17-12-18-36(31-35)38-29-30-44-42-23-7-6-21-40(42)41-22-8-9-24-43(41)47(44)33-38/h3-33H,1-2H3/i6D,7D,8D,9D,12D,13D,17D,18D,19D,20D,21D,22D,23D,24D,29D,30D,31D,32D,33D. The van der Waals surface area contributed by atoms with Crippen LogP contribution in [0.3, 0.4) is 0 Å². The van der Waals surface area contributed by atoms with Crippen LogP contribution in [0.1, 0.15) is 51.0 Å². The summed E-state index contributed by atoms with van der Waals surface area (Å²) in [7, 11) is 0. The summed E-state index contributed by atoms with van der Waals surface area (Å²) < 4.78 is 174. The SMILES string of the molecule is [2H]c1c([2H])c(-c2nc(-c3ccccc3)nc(-c3cccc4c3-c3ccccc3C4(C)C)n2)c([2H])c(-c2c([2H])c([2H])c([2H])c(-c3c([2H])c([2H])c4c5c([2H])c([2H])c([2H])c([2H])c5c5c([2H])c([2H])c([2H])c([2H])c5c4c3[2H])c2[2H])c1[2H]. The normalized spacial score (nSPS) is 17.5. The Morgan fingerprint density at radius 2 is 0.860 bits per heavy atom. The first kappa shape index (κ1) is 19.1. The lowest BCUT2D eigenvalue weighted by Crippen LogP contribution is -2.14. The maximum atomic E-state index is 9.82. The Bertz CT molecular complexity index is 4270. The molecule has 0 fully saturated rings. The predicted octanol–water partition coefficient (Wildman–Crippen LogP) is 14.0. The molecule has 1 aliphatic rings. The average molecular weight is 747 g/mol. The quantitative estimate of drug-likeness (QED) is 0.165. The number of fused-ring (bicyclic) bond motifs is 9. The molecular formula is C54H37N3. The van der Waals surface area contributed by atoms with Gasteiger partial charge in [0.1, 0.15) is 0 Å². The summed E-state index contributed by atoms with van der Waals surface area (Å²) in [5, 5.41) is -2.67. The Labute approximate surface area is 358 Å². The van der Waals surface area contributed by atoms with E-state index in [2.05, 4.69) is 19.9 Å². The number of hydrogen-bond donors (Lipinski definition) is 0. The van der Waals surface area contributed by atoms with Crippen molar-refractivity contribution in [3.63, 3.8) is 0 Å². The van der Waals surface area contributed by atoms with Crippen LogP contribution < -0.4 is 0 Å². The molecule has 1 aromatic heterocycles. The van der Waals surface area contributed by atoms with E-state index >= 15 is 0 Å². The van der Waals surface area contributed by atoms with Crippen LogP contribution in [0.5, 0.6) is 0 Å². The van der Waals surface area contributed by atoms with Crippen LogP contribution in [0.2, 0.25) is 0 Å². The maximum absolute atomic E-state index is 9.82. The van der Waals surface area contributed by atoms with Crippen molar-refractivity contribution < 1.29 is 26.0 Å². The molecule has 0 saturated heterocycles. The molecule has 0 bridgehead atoms. The number of hydrogen-bond acceptors (Lipinski definition) is 3. The molecule has 0 aliphatic heterocycles. The first-order valence-corrected chi connectivity index (χ1v) is 18.1. The number of rotatable bonds is 5. The van der Waals surface area contributed by atoms with Crippen molar-refractivity contribution in [2.75, 3.05) is 0 Å². The van der Waals surface area contributed by atoms with Gasteiger partial charge in [-0.05, 0) is 95.0 Å². The van der Waals surface area contributed by atoms with E-state index in [9.17, 15) is 12.3 Å². The van der Waals surface area contributed by atoms with Crippen molar-refractivity contribution in [1.29, 1.82) is 0 Å². The average Bonchev–Trinajstić information content (AvgIpc) is 3.83. The molecule has 3 nitrogen and oxygen atoms in total. The van der Waals surface area contributed by atoms with Gasteiger partial charge < -0.3 is 0 Å². The third kappa shape index (κ3) is 5.38. The van der Waals surface area contributed by atoms with E-state index in [0.717, 1.165) is 22.3 Å². The zero-order valence-corrected chi connectivity index (χ0v) is 30.3. The summed E-state index contributed by atoms with van der Waals surface area (Å²) >= 11 is 0. The maximum Gasteiger partial charge on any atom is 0.164 e. The molecule has 0 unspecified atom stereocenters. The van der Waals surface area contributed by atoms with E-state index in [-0.39, 0.29) is 17.5 Å². The van der Waals surface area contributed by atoms with Gasteiger partial charge in [-0.3, -0.25) is 0 Å². The van der Waals surface area contributed by atoms with Crippen LogP contribution in [0, 0.1) is 0 Å². The number of benzene rings is 9. The zero-order chi connectivity index (χ0) is 54.6. The van der Waals surface area contributed by atoms with Gasteiger partial charge in [-0.2, -0.15) is 0 Å². The van der Waals surface area contributed by atoms with Crippen molar-refractivity contribution in [3.8, 4) is 67.5 Å². The zero-order valence-electron chi connectivity index (χ0n) is 49.3. The minimum absolute atomic E-state index is 0.122. The predicted molar refractivity (Wildman–Crippen MR) is 237 cm³/mol. The first-order valence-electron chi connectivity index (χ1n) is 27.6. The summed E-state index contributed by atoms with van der Waals surface area (Å²) in [5.74, 6) is -0.0209. The molecule has 0 atom stereocenters. The molecule has 57 heavy (non-hydrogen) atoms. The molecule has 268 valence electrons. The summed E-state index contributed by atoms with van der Waals surface area (Å²) in [6.07, 6.45) is 0. The summed E-state index contributed by atoms with van der Waals surface area (Å²) in [6.45, 7) is 4.22. The molecule has 0 N–H and O–H groups in total. The molecule has 1 heterocycles. The molecule has 0 radical (unpaired) electrons. The second kappa shape index (κ2) is 12.9. The van der Waals surface area contributed by atoms with Gasteiger partial charge in [0.15, 0.2) is 17.5 Å². The van der Waals surface area contributed by atoms with Gasteiger partial charge in [-0.1, -0.05) is 183 Å². The van der Waals surface area contributed by atoms with Crippen molar-refractivity contribution >= 4 is 32.3 Å². The van der Waals surface area contributed by atoms with E-state index in [1.807, 2.05) is 36.4 Å². The van der Waals surface area contributed by atoms with Crippen LogP contribution in [0.25, 0.3) is 99.9 Å². The molecule has 0 spiro atoms. The molecule has 1 aliphatic carbocycles. The highest BCUT2D eigenvalue weighted by atomic mass is 15.0. The van der Waals surface area contributed by atoms with Crippen molar-refractivity contribution in [2.24, 2.45) is 0 Å². The summed E-state index contributed by atoms with van der Waals surface area (Å²) in [5.41, 5.74) is 1.36. The van der Waals surface area contributed by atoms with E-state index in [4.69, 9.17) is 28.7 Å². The highest BCUT2D eigenvalue weighted by molar-refractivity contribution is 6.25. The smallest absolute Gasteiger partial charge is 0.164 e. The van der Waals surface area contributed by atoms with Crippen molar-refractivity contribution in [3.05, 3.63) is 199 Å². The molecule has 10 aromatic rings. The highest BCUT2D eigenvalue weighted by Gasteiger charge is 2.37. The van der Waals surface area contributed by atoms with Crippen LogP contribution in [-0.4, -0.2) is 15.0 Å². The molecule has 9 aromatic carbocycles. The molecule has 3 heteroatoms. The highest BCUT2D eigenvalue weighted by Crippen LogP contribution is 2.51. The van der Waals surface area contributed by atoms with E-state index in [1.54, 1.807) is 30.3 Å². The molecular weight excluding hydrogens is 691 g/mol. The second-order valence-corrected chi connectivity index (χ2v) is 14.1. The van der Waals surface area contributed by atoms with Gasteiger partial charge in [-0.15, -0.1) is 0 Å². The third-order valence-electron chi connectivity index (χ3n) is 10.4. The lowest BCUT2D eigenvalue weighted by molar-refractivity contribution is 0.660. The fraction of sp³-hybridized carbons (Fsp3) is 0.0556. The fourth-order valence-corrected chi connectivity index (χ4v) is 7.72. The van der Waals surface area contributed by atoms with Gasteiger partial charge >= 0.3 is 0 Å². The topological polar surface area (TPSA) is 38.7 Å². The Kier molecular flexibility index (Phi) is 4.33. The lowest BCUT2D eigenvalue weighted by atomic mass is 9.82. The summed E-state index contributed by atoms with van der Waals surface area (Å²) in [4.78, 5) is 14.6.